The van der Waals surface area contributed by atoms with E-state index in [1.807, 2.05) is 6.07 Å². The quantitative estimate of drug-likeness (QED) is 0.540. The molecule has 0 aliphatic carbocycles. The van der Waals surface area contributed by atoms with E-state index in [-0.39, 0.29) is 34.3 Å². The van der Waals surface area contributed by atoms with Crippen LogP contribution in [0.15, 0.2) is 59.9 Å². The van der Waals surface area contributed by atoms with Gasteiger partial charge in [0, 0.05) is 26.8 Å². The molecular weight excluding hydrogens is 360 g/mol. The SMILES string of the molecule is CN(C)C(=O)c1cccc(NC2=C(Nc3ccccc3)C(=O)N(C)C2=O)c1O. The summed E-state index contributed by atoms with van der Waals surface area (Å²) in [5, 5.41) is 16.3. The Labute approximate surface area is 162 Å². The van der Waals surface area contributed by atoms with Crippen molar-refractivity contribution in [2.24, 2.45) is 0 Å². The van der Waals surface area contributed by atoms with Crippen LogP contribution in [0.5, 0.6) is 5.75 Å². The number of benzene rings is 2. The number of para-hydroxylation sites is 2. The Morgan fingerprint density at radius 2 is 1.54 bits per heavy atom. The first-order valence-electron chi connectivity index (χ1n) is 8.50. The van der Waals surface area contributed by atoms with Crippen molar-refractivity contribution in [3.8, 4) is 5.75 Å². The maximum Gasteiger partial charge on any atom is 0.279 e. The Kier molecular flexibility index (Phi) is 5.04. The van der Waals surface area contributed by atoms with Crippen LogP contribution in [-0.4, -0.2) is 53.8 Å². The molecule has 2 aromatic rings. The Hall–Kier alpha value is -3.81. The highest BCUT2D eigenvalue weighted by Crippen LogP contribution is 2.31. The van der Waals surface area contributed by atoms with Crippen molar-refractivity contribution in [2.75, 3.05) is 31.8 Å². The summed E-state index contributed by atoms with van der Waals surface area (Å²) in [6.45, 7) is 0. The minimum atomic E-state index is -0.549. The molecule has 0 radical (unpaired) electrons. The first kappa shape index (κ1) is 19.0. The van der Waals surface area contributed by atoms with Crippen LogP contribution in [-0.2, 0) is 9.59 Å². The summed E-state index contributed by atoms with van der Waals surface area (Å²) in [6.07, 6.45) is 0. The first-order chi connectivity index (χ1) is 13.3. The molecular formula is C20H20N4O4. The molecule has 0 saturated carbocycles. The van der Waals surface area contributed by atoms with E-state index in [1.54, 1.807) is 44.4 Å². The second-order valence-corrected chi connectivity index (χ2v) is 6.44. The molecule has 8 nitrogen and oxygen atoms in total. The summed E-state index contributed by atoms with van der Waals surface area (Å²) >= 11 is 0. The Morgan fingerprint density at radius 1 is 0.929 bits per heavy atom. The molecule has 3 amide bonds. The average Bonchev–Trinajstić information content (AvgIpc) is 2.88. The number of likely N-dealkylation sites (N-methyl/N-ethyl adjacent to an activating group) is 1. The van der Waals surface area contributed by atoms with Gasteiger partial charge in [-0.15, -0.1) is 0 Å². The van der Waals surface area contributed by atoms with Gasteiger partial charge in [0.25, 0.3) is 17.7 Å². The van der Waals surface area contributed by atoms with Crippen LogP contribution in [0.1, 0.15) is 10.4 Å². The minimum Gasteiger partial charge on any atom is -0.505 e. The van der Waals surface area contributed by atoms with Crippen LogP contribution in [0.2, 0.25) is 0 Å². The zero-order valence-corrected chi connectivity index (χ0v) is 15.7. The number of anilines is 2. The molecule has 0 unspecified atom stereocenters. The molecule has 0 atom stereocenters. The van der Waals surface area contributed by atoms with Gasteiger partial charge in [0.05, 0.1) is 11.3 Å². The molecule has 0 bridgehead atoms. The molecule has 1 aliphatic rings. The topological polar surface area (TPSA) is 102 Å². The fraction of sp³-hybridized carbons (Fsp3) is 0.150. The zero-order valence-electron chi connectivity index (χ0n) is 15.7. The van der Waals surface area contributed by atoms with E-state index in [4.69, 9.17) is 0 Å². The van der Waals surface area contributed by atoms with Gasteiger partial charge in [0.2, 0.25) is 0 Å². The molecule has 2 aromatic carbocycles. The maximum atomic E-state index is 12.5. The number of nitrogens with one attached hydrogen (secondary N) is 2. The number of rotatable bonds is 5. The van der Waals surface area contributed by atoms with Gasteiger partial charge in [-0.3, -0.25) is 19.3 Å². The standard InChI is InChI=1S/C20H20N4O4/c1-23(2)18(26)13-10-7-11-14(17(13)25)22-16-15(19(27)24(3)20(16)28)21-12-8-5-4-6-9-12/h4-11,21-22,25H,1-3H3. The van der Waals surface area contributed by atoms with E-state index >= 15 is 0 Å². The van der Waals surface area contributed by atoms with Crippen LogP contribution in [0.4, 0.5) is 11.4 Å². The number of nitrogens with zero attached hydrogens (tertiary/aromatic N) is 2. The lowest BCUT2D eigenvalue weighted by Gasteiger charge is -2.15. The molecule has 1 heterocycles. The van der Waals surface area contributed by atoms with Crippen molar-refractivity contribution in [2.45, 2.75) is 0 Å². The number of carbonyl (C=O) groups excluding carboxylic acids is 3. The van der Waals surface area contributed by atoms with Gasteiger partial charge < -0.3 is 20.6 Å². The van der Waals surface area contributed by atoms with Gasteiger partial charge >= 0.3 is 0 Å². The molecule has 0 fully saturated rings. The summed E-state index contributed by atoms with van der Waals surface area (Å²) in [5.41, 5.74) is 0.905. The molecule has 3 N–H and O–H groups in total. The second-order valence-electron chi connectivity index (χ2n) is 6.44. The number of aromatic hydroxyl groups is 1. The van der Waals surface area contributed by atoms with Gasteiger partial charge in [0.1, 0.15) is 11.4 Å². The van der Waals surface area contributed by atoms with Crippen LogP contribution < -0.4 is 10.6 Å². The van der Waals surface area contributed by atoms with E-state index in [0.717, 1.165) is 4.90 Å². The Morgan fingerprint density at radius 3 is 2.14 bits per heavy atom. The lowest BCUT2D eigenvalue weighted by Crippen LogP contribution is -2.28. The molecule has 0 aromatic heterocycles. The third-order valence-corrected chi connectivity index (χ3v) is 4.26. The Bertz CT molecular complexity index is 983. The highest BCUT2D eigenvalue weighted by Gasteiger charge is 2.36. The summed E-state index contributed by atoms with van der Waals surface area (Å²) in [7, 11) is 4.51. The lowest BCUT2D eigenvalue weighted by molar-refractivity contribution is -0.135. The predicted molar refractivity (Wildman–Crippen MR) is 105 cm³/mol. The van der Waals surface area contributed by atoms with Crippen LogP contribution >= 0.6 is 0 Å². The van der Waals surface area contributed by atoms with Gasteiger partial charge in [0.15, 0.2) is 5.75 Å². The van der Waals surface area contributed by atoms with E-state index < -0.39 is 11.8 Å². The highest BCUT2D eigenvalue weighted by molar-refractivity contribution is 6.21. The summed E-state index contributed by atoms with van der Waals surface area (Å²) < 4.78 is 0. The fourth-order valence-corrected chi connectivity index (χ4v) is 2.73. The van der Waals surface area contributed by atoms with E-state index in [2.05, 4.69) is 10.6 Å². The van der Waals surface area contributed by atoms with E-state index in [9.17, 15) is 19.5 Å². The number of carbonyl (C=O) groups is 3. The van der Waals surface area contributed by atoms with E-state index in [0.29, 0.717) is 5.69 Å². The van der Waals surface area contributed by atoms with Crippen molar-refractivity contribution in [3.05, 3.63) is 65.5 Å². The third kappa shape index (κ3) is 3.39. The monoisotopic (exact) mass is 380 g/mol. The van der Waals surface area contributed by atoms with Gasteiger partial charge in [-0.1, -0.05) is 24.3 Å². The molecule has 3 rings (SSSR count). The number of hydrogen-bond donors (Lipinski definition) is 3. The molecule has 0 spiro atoms. The summed E-state index contributed by atoms with van der Waals surface area (Å²) in [6, 6.07) is 13.5. The molecule has 28 heavy (non-hydrogen) atoms. The molecule has 8 heteroatoms. The third-order valence-electron chi connectivity index (χ3n) is 4.26. The zero-order chi connectivity index (χ0) is 20.4. The van der Waals surface area contributed by atoms with Gasteiger partial charge in [-0.25, -0.2) is 0 Å². The highest BCUT2D eigenvalue weighted by atomic mass is 16.3. The number of imide groups is 1. The van der Waals surface area contributed by atoms with Gasteiger partial charge in [-0.05, 0) is 24.3 Å². The largest absolute Gasteiger partial charge is 0.505 e. The molecule has 144 valence electrons. The number of phenolic OH excluding ortho intramolecular Hbond substituents is 1. The average molecular weight is 380 g/mol. The van der Waals surface area contributed by atoms with Crippen molar-refractivity contribution in [3.63, 3.8) is 0 Å². The fourth-order valence-electron chi connectivity index (χ4n) is 2.73. The van der Waals surface area contributed by atoms with Crippen LogP contribution in [0.25, 0.3) is 0 Å². The number of amides is 3. The van der Waals surface area contributed by atoms with Crippen molar-refractivity contribution < 1.29 is 19.5 Å². The smallest absolute Gasteiger partial charge is 0.279 e. The molecule has 1 aliphatic heterocycles. The summed E-state index contributed by atoms with van der Waals surface area (Å²) in [5.74, 6) is -1.74. The van der Waals surface area contributed by atoms with Crippen molar-refractivity contribution in [1.82, 2.24) is 9.80 Å². The number of hydrogen-bond acceptors (Lipinski definition) is 6. The Balaban J connectivity index is 2.00. The second kappa shape index (κ2) is 7.43. The maximum absolute atomic E-state index is 12.5. The van der Waals surface area contributed by atoms with Crippen LogP contribution in [0.3, 0.4) is 0 Å². The van der Waals surface area contributed by atoms with Crippen molar-refractivity contribution >= 4 is 29.1 Å². The van der Waals surface area contributed by atoms with E-state index in [1.165, 1.54) is 24.1 Å². The normalized spacial score (nSPS) is 13.8. The van der Waals surface area contributed by atoms with Crippen LogP contribution in [0, 0.1) is 0 Å². The van der Waals surface area contributed by atoms with Crippen molar-refractivity contribution in [1.29, 1.82) is 0 Å². The van der Waals surface area contributed by atoms with Gasteiger partial charge in [-0.2, -0.15) is 0 Å². The molecule has 0 saturated heterocycles. The number of phenols is 1. The first-order valence-corrected chi connectivity index (χ1v) is 8.50. The predicted octanol–water partition coefficient (Wildman–Crippen LogP) is 1.83. The summed E-state index contributed by atoms with van der Waals surface area (Å²) in [4.78, 5) is 39.6. The lowest BCUT2D eigenvalue weighted by atomic mass is 10.1. The minimum absolute atomic E-state index is 0.0129.